The third-order valence-electron chi connectivity index (χ3n) is 12.3. The normalized spacial score (nSPS) is 51.8. The highest BCUT2D eigenvalue weighted by Crippen LogP contribution is 2.73. The summed E-state index contributed by atoms with van der Waals surface area (Å²) >= 11 is 0. The Kier molecular flexibility index (Phi) is 6.02. The molecule has 0 bridgehead atoms. The van der Waals surface area contributed by atoms with Gasteiger partial charge >= 0.3 is 0 Å². The largest absolute Gasteiger partial charge is 0.393 e. The van der Waals surface area contributed by atoms with Crippen molar-refractivity contribution in [2.45, 2.75) is 118 Å². The van der Waals surface area contributed by atoms with Crippen LogP contribution in [-0.2, 0) is 9.47 Å². The molecule has 1 aliphatic heterocycles. The van der Waals surface area contributed by atoms with Gasteiger partial charge in [-0.05, 0) is 105 Å². The van der Waals surface area contributed by atoms with Crippen LogP contribution in [-0.4, -0.2) is 30.7 Å². The van der Waals surface area contributed by atoms with E-state index in [-0.39, 0.29) is 29.3 Å². The SMILES string of the molecule is CO[C@H]1O[C@@H](C=C(C)C)C[C@H]1[C@@H]1CC[C@]2(C)C3=CC[C@H]4C(C)(C)[C@@H](O)CC[C@]4(C)[C@H]3CC[C@@]12C. The number of allylic oxidation sites excluding steroid dienone is 3. The van der Waals surface area contributed by atoms with Crippen LogP contribution >= 0.6 is 0 Å². The van der Waals surface area contributed by atoms with Gasteiger partial charge in [0.25, 0.3) is 0 Å². The van der Waals surface area contributed by atoms with E-state index in [0.29, 0.717) is 34.5 Å². The van der Waals surface area contributed by atoms with Gasteiger partial charge < -0.3 is 14.6 Å². The zero-order chi connectivity index (χ0) is 24.7. The fraction of sp³-hybridized carbons (Fsp3) is 0.871. The smallest absolute Gasteiger partial charge is 0.161 e. The predicted octanol–water partition coefficient (Wildman–Crippen LogP) is 7.30. The van der Waals surface area contributed by atoms with Crippen LogP contribution in [0.15, 0.2) is 23.3 Å². The van der Waals surface area contributed by atoms with Gasteiger partial charge in [-0.2, -0.15) is 0 Å². The Morgan fingerprint density at radius 2 is 1.79 bits per heavy atom. The van der Waals surface area contributed by atoms with Gasteiger partial charge in [0, 0.05) is 13.0 Å². The standard InChI is InChI=1S/C31H50O3/c1-19(2)17-20-18-21(27(33-8)34-20)22-11-15-31(7)24-9-10-25-28(3,4)26(32)13-14-29(25,5)23(24)12-16-30(22,31)6/h9,17,20-23,25-27,32H,10-16,18H2,1-8H3/t20-,21-,22-,23-,25-,26-,27-,29+,30-,31+/m0/s1. The van der Waals surface area contributed by atoms with Crippen LogP contribution < -0.4 is 0 Å². The second kappa shape index (κ2) is 8.18. The molecule has 0 aromatic heterocycles. The molecule has 0 aromatic carbocycles. The Morgan fingerprint density at radius 3 is 2.47 bits per heavy atom. The Balaban J connectivity index is 1.47. The first-order chi connectivity index (χ1) is 15.9. The van der Waals surface area contributed by atoms with Crippen molar-refractivity contribution in [3.8, 4) is 0 Å². The minimum absolute atomic E-state index is 0.00169. The molecule has 192 valence electrons. The maximum Gasteiger partial charge on any atom is 0.161 e. The summed E-state index contributed by atoms with van der Waals surface area (Å²) in [5.41, 5.74) is 3.99. The molecular weight excluding hydrogens is 420 g/mol. The molecular formula is C31H50O3. The van der Waals surface area contributed by atoms with E-state index in [1.807, 2.05) is 7.11 Å². The average molecular weight is 471 g/mol. The lowest BCUT2D eigenvalue weighted by Crippen LogP contribution is -2.58. The predicted molar refractivity (Wildman–Crippen MR) is 138 cm³/mol. The zero-order valence-corrected chi connectivity index (χ0v) is 23.1. The minimum atomic E-state index is -0.164. The van der Waals surface area contributed by atoms with Crippen LogP contribution in [0.4, 0.5) is 0 Å². The van der Waals surface area contributed by atoms with Gasteiger partial charge in [-0.1, -0.05) is 57.9 Å². The lowest BCUT2D eigenvalue weighted by Gasteiger charge is -2.64. The van der Waals surface area contributed by atoms with E-state index in [1.54, 1.807) is 5.57 Å². The molecule has 1 heterocycles. The van der Waals surface area contributed by atoms with Crippen molar-refractivity contribution in [3.63, 3.8) is 0 Å². The second-order valence-corrected chi connectivity index (χ2v) is 14.2. The van der Waals surface area contributed by atoms with Gasteiger partial charge in [-0.15, -0.1) is 0 Å². The van der Waals surface area contributed by atoms with Gasteiger partial charge in [-0.3, -0.25) is 0 Å². The summed E-state index contributed by atoms with van der Waals surface area (Å²) in [6.07, 6.45) is 14.5. The maximum atomic E-state index is 10.9. The van der Waals surface area contributed by atoms with Gasteiger partial charge in [0.15, 0.2) is 6.29 Å². The van der Waals surface area contributed by atoms with Gasteiger partial charge in [-0.25, -0.2) is 0 Å². The molecule has 1 saturated heterocycles. The minimum Gasteiger partial charge on any atom is -0.393 e. The number of hydrogen-bond acceptors (Lipinski definition) is 3. The molecule has 0 unspecified atom stereocenters. The Labute approximate surface area is 208 Å². The lowest BCUT2D eigenvalue weighted by molar-refractivity contribution is -0.150. The van der Waals surface area contributed by atoms with E-state index >= 15 is 0 Å². The first-order valence-electron chi connectivity index (χ1n) is 14.1. The second-order valence-electron chi connectivity index (χ2n) is 14.2. The summed E-state index contributed by atoms with van der Waals surface area (Å²) in [6.45, 7) is 16.8. The number of rotatable bonds is 3. The molecule has 0 spiro atoms. The lowest BCUT2D eigenvalue weighted by atomic mass is 9.41. The molecule has 5 aliphatic rings. The maximum absolute atomic E-state index is 10.9. The number of fused-ring (bicyclic) bond motifs is 5. The van der Waals surface area contributed by atoms with Crippen LogP contribution in [0, 0.1) is 45.3 Å². The summed E-state index contributed by atoms with van der Waals surface area (Å²) < 4.78 is 12.3. The molecule has 3 saturated carbocycles. The summed E-state index contributed by atoms with van der Waals surface area (Å²) in [6, 6.07) is 0. The fourth-order valence-corrected chi connectivity index (χ4v) is 10.2. The molecule has 3 heteroatoms. The Morgan fingerprint density at radius 1 is 1.06 bits per heavy atom. The first-order valence-corrected chi connectivity index (χ1v) is 14.1. The van der Waals surface area contributed by atoms with Crippen LogP contribution in [0.5, 0.6) is 0 Å². The third kappa shape index (κ3) is 3.32. The molecule has 0 radical (unpaired) electrons. The monoisotopic (exact) mass is 470 g/mol. The van der Waals surface area contributed by atoms with Crippen molar-refractivity contribution < 1.29 is 14.6 Å². The van der Waals surface area contributed by atoms with Gasteiger partial charge in [0.1, 0.15) is 0 Å². The number of methoxy groups -OCH3 is 1. The van der Waals surface area contributed by atoms with Crippen LogP contribution in [0.2, 0.25) is 0 Å². The summed E-state index contributed by atoms with van der Waals surface area (Å²) in [7, 11) is 1.83. The van der Waals surface area contributed by atoms with Crippen molar-refractivity contribution in [3.05, 3.63) is 23.3 Å². The summed E-state index contributed by atoms with van der Waals surface area (Å²) in [5.74, 6) is 2.38. The highest BCUT2D eigenvalue weighted by molar-refractivity contribution is 5.33. The van der Waals surface area contributed by atoms with E-state index < -0.39 is 0 Å². The third-order valence-corrected chi connectivity index (χ3v) is 12.3. The topological polar surface area (TPSA) is 38.7 Å². The van der Waals surface area contributed by atoms with E-state index in [2.05, 4.69) is 60.6 Å². The molecule has 4 aliphatic carbocycles. The number of aliphatic hydroxyl groups excluding tert-OH is 1. The van der Waals surface area contributed by atoms with E-state index in [0.717, 1.165) is 19.3 Å². The molecule has 1 N–H and O–H groups in total. The Hall–Kier alpha value is -0.640. The van der Waals surface area contributed by atoms with Crippen molar-refractivity contribution in [1.29, 1.82) is 0 Å². The van der Waals surface area contributed by atoms with E-state index in [4.69, 9.17) is 9.47 Å². The molecule has 0 aromatic rings. The zero-order valence-electron chi connectivity index (χ0n) is 23.1. The van der Waals surface area contributed by atoms with E-state index in [9.17, 15) is 5.11 Å². The Bertz CT molecular complexity index is 868. The first kappa shape index (κ1) is 25.0. The van der Waals surface area contributed by atoms with Crippen molar-refractivity contribution in [1.82, 2.24) is 0 Å². The molecule has 5 rings (SSSR count). The highest BCUT2D eigenvalue weighted by atomic mass is 16.7. The van der Waals surface area contributed by atoms with Crippen LogP contribution in [0.3, 0.4) is 0 Å². The fourth-order valence-electron chi connectivity index (χ4n) is 10.2. The number of aliphatic hydroxyl groups is 1. The molecule has 3 nitrogen and oxygen atoms in total. The van der Waals surface area contributed by atoms with Crippen molar-refractivity contribution in [2.75, 3.05) is 7.11 Å². The van der Waals surface area contributed by atoms with Crippen molar-refractivity contribution in [2.24, 2.45) is 45.3 Å². The quantitative estimate of drug-likeness (QED) is 0.440. The summed E-state index contributed by atoms with van der Waals surface area (Å²) in [5, 5.41) is 10.9. The number of hydrogen-bond donors (Lipinski definition) is 1. The highest BCUT2D eigenvalue weighted by Gasteiger charge is 2.66. The molecule has 34 heavy (non-hydrogen) atoms. The van der Waals surface area contributed by atoms with Crippen LogP contribution in [0.1, 0.15) is 99.8 Å². The van der Waals surface area contributed by atoms with Crippen LogP contribution in [0.25, 0.3) is 0 Å². The molecule has 0 amide bonds. The number of ether oxygens (including phenoxy) is 2. The van der Waals surface area contributed by atoms with E-state index in [1.165, 1.54) is 37.7 Å². The van der Waals surface area contributed by atoms with Gasteiger partial charge in [0.05, 0.1) is 12.2 Å². The van der Waals surface area contributed by atoms with Gasteiger partial charge in [0.2, 0.25) is 0 Å². The molecule has 4 fully saturated rings. The summed E-state index contributed by atoms with van der Waals surface area (Å²) in [4.78, 5) is 0. The molecule has 10 atom stereocenters. The van der Waals surface area contributed by atoms with Crippen molar-refractivity contribution >= 4 is 0 Å². The average Bonchev–Trinajstić information content (AvgIpc) is 3.28.